The Morgan fingerprint density at radius 3 is 2.74 bits per heavy atom. The average Bonchev–Trinajstić information content (AvgIpc) is 2.86. The highest BCUT2D eigenvalue weighted by molar-refractivity contribution is 5.93. The van der Waals surface area contributed by atoms with Gasteiger partial charge in [0.15, 0.2) is 0 Å². The molecule has 0 aliphatic heterocycles. The van der Waals surface area contributed by atoms with Crippen molar-refractivity contribution in [2.45, 2.75) is 47.1 Å². The van der Waals surface area contributed by atoms with Gasteiger partial charge in [-0.05, 0) is 56.0 Å². The molecule has 6 nitrogen and oxygen atoms in total. The van der Waals surface area contributed by atoms with Crippen LogP contribution in [0.1, 0.15) is 37.2 Å². The summed E-state index contributed by atoms with van der Waals surface area (Å²) in [6, 6.07) is 8.28. The van der Waals surface area contributed by atoms with Crippen molar-refractivity contribution < 1.29 is 9.21 Å². The van der Waals surface area contributed by atoms with E-state index in [-0.39, 0.29) is 11.5 Å². The van der Waals surface area contributed by atoms with Crippen molar-refractivity contribution in [3.05, 3.63) is 57.7 Å². The zero-order chi connectivity index (χ0) is 19.6. The van der Waals surface area contributed by atoms with Crippen LogP contribution in [0.25, 0.3) is 11.0 Å². The number of benzene rings is 1. The second kappa shape index (κ2) is 7.78. The number of anilines is 1. The number of carbonyl (C=O) groups excluding carboxylic acids is 1. The highest BCUT2D eigenvalue weighted by atomic mass is 16.4. The van der Waals surface area contributed by atoms with Gasteiger partial charge in [-0.2, -0.15) is 5.10 Å². The molecule has 6 heteroatoms. The third-order valence-electron chi connectivity index (χ3n) is 4.57. The molecule has 0 saturated carbocycles. The summed E-state index contributed by atoms with van der Waals surface area (Å²) in [6.07, 6.45) is 1.04. The second-order valence-corrected chi connectivity index (χ2v) is 7.28. The largest absolute Gasteiger partial charge is 0.423 e. The fourth-order valence-corrected chi connectivity index (χ4v) is 3.23. The van der Waals surface area contributed by atoms with Gasteiger partial charge in [-0.25, -0.2) is 4.79 Å². The fourth-order valence-electron chi connectivity index (χ4n) is 3.23. The quantitative estimate of drug-likeness (QED) is 0.672. The lowest BCUT2D eigenvalue weighted by Gasteiger charge is -2.08. The summed E-state index contributed by atoms with van der Waals surface area (Å²) in [5.41, 5.74) is 4.07. The van der Waals surface area contributed by atoms with Crippen LogP contribution in [0.4, 0.5) is 5.69 Å². The van der Waals surface area contributed by atoms with Crippen molar-refractivity contribution in [3.8, 4) is 0 Å². The molecule has 1 amide bonds. The van der Waals surface area contributed by atoms with E-state index in [9.17, 15) is 9.59 Å². The van der Waals surface area contributed by atoms with Crippen molar-refractivity contribution in [1.29, 1.82) is 0 Å². The number of rotatable bonds is 6. The lowest BCUT2D eigenvalue weighted by atomic mass is 10.1. The van der Waals surface area contributed by atoms with Gasteiger partial charge in [0.1, 0.15) is 5.58 Å². The van der Waals surface area contributed by atoms with Crippen LogP contribution >= 0.6 is 0 Å². The molecule has 0 spiro atoms. The van der Waals surface area contributed by atoms with Gasteiger partial charge in [0.05, 0.1) is 5.69 Å². The average molecular weight is 367 g/mol. The van der Waals surface area contributed by atoms with Gasteiger partial charge in [-0.1, -0.05) is 13.8 Å². The Kier molecular flexibility index (Phi) is 5.44. The summed E-state index contributed by atoms with van der Waals surface area (Å²) in [5, 5.41) is 8.29. The molecule has 0 aliphatic rings. The molecule has 3 aromatic rings. The highest BCUT2D eigenvalue weighted by Gasteiger charge is 2.14. The summed E-state index contributed by atoms with van der Waals surface area (Å²) >= 11 is 0. The molecule has 3 rings (SSSR count). The zero-order valence-corrected chi connectivity index (χ0v) is 16.2. The Bertz CT molecular complexity index is 1030. The molecule has 2 heterocycles. The van der Waals surface area contributed by atoms with Gasteiger partial charge in [0, 0.05) is 35.8 Å². The number of aryl methyl sites for hydroxylation is 1. The van der Waals surface area contributed by atoms with Gasteiger partial charge < -0.3 is 9.73 Å². The van der Waals surface area contributed by atoms with Crippen molar-refractivity contribution >= 4 is 22.6 Å². The lowest BCUT2D eigenvalue weighted by Crippen LogP contribution is -2.13. The third-order valence-corrected chi connectivity index (χ3v) is 4.57. The van der Waals surface area contributed by atoms with Crippen molar-refractivity contribution in [2.75, 3.05) is 5.32 Å². The van der Waals surface area contributed by atoms with E-state index in [2.05, 4.69) is 31.2 Å². The topological polar surface area (TPSA) is 77.1 Å². The summed E-state index contributed by atoms with van der Waals surface area (Å²) in [4.78, 5) is 23.6. The van der Waals surface area contributed by atoms with Gasteiger partial charge in [0.2, 0.25) is 5.91 Å². The number of aromatic nitrogens is 2. The molecular formula is C21H25N3O3. The molecule has 0 aliphatic carbocycles. The molecule has 0 saturated heterocycles. The molecule has 1 aromatic carbocycles. The Hall–Kier alpha value is -2.89. The molecule has 27 heavy (non-hydrogen) atoms. The minimum atomic E-state index is -0.386. The summed E-state index contributed by atoms with van der Waals surface area (Å²) < 4.78 is 7.14. The van der Waals surface area contributed by atoms with E-state index in [1.165, 1.54) is 6.07 Å². The summed E-state index contributed by atoms with van der Waals surface area (Å²) in [6.45, 7) is 9.27. The molecule has 0 fully saturated rings. The second-order valence-electron chi connectivity index (χ2n) is 7.28. The number of amides is 1. The van der Waals surface area contributed by atoms with E-state index in [4.69, 9.17) is 4.42 Å². The van der Waals surface area contributed by atoms with Crippen LogP contribution in [0.2, 0.25) is 0 Å². The lowest BCUT2D eigenvalue weighted by molar-refractivity contribution is -0.116. The van der Waals surface area contributed by atoms with Gasteiger partial charge in [-0.15, -0.1) is 0 Å². The smallest absolute Gasteiger partial charge is 0.336 e. The van der Waals surface area contributed by atoms with E-state index in [1.54, 1.807) is 24.3 Å². The first-order valence-corrected chi connectivity index (χ1v) is 9.20. The molecule has 0 radical (unpaired) electrons. The van der Waals surface area contributed by atoms with E-state index in [0.29, 0.717) is 30.0 Å². The standard InChI is InChI=1S/C21H25N3O3/c1-13(2)12-24-15(4)18(14(3)23-24)7-9-20(25)22-17-6-8-19-16(11-17)5-10-21(26)27-19/h5-6,8,10-11,13H,7,9,12H2,1-4H3,(H,22,25). The molecule has 0 bridgehead atoms. The predicted molar refractivity (Wildman–Crippen MR) is 106 cm³/mol. The first-order chi connectivity index (χ1) is 12.8. The first kappa shape index (κ1) is 18.9. The van der Waals surface area contributed by atoms with Crippen molar-refractivity contribution in [2.24, 2.45) is 5.92 Å². The number of hydrogen-bond acceptors (Lipinski definition) is 4. The summed E-state index contributed by atoms with van der Waals surface area (Å²) in [7, 11) is 0. The molecule has 0 unspecified atom stereocenters. The normalized spacial score (nSPS) is 11.3. The maximum absolute atomic E-state index is 12.4. The SMILES string of the molecule is Cc1nn(CC(C)C)c(C)c1CCC(=O)Nc1ccc2oc(=O)ccc2c1. The number of fused-ring (bicyclic) bond motifs is 1. The zero-order valence-electron chi connectivity index (χ0n) is 16.2. The molecule has 142 valence electrons. The fraction of sp³-hybridized carbons (Fsp3) is 0.381. The van der Waals surface area contributed by atoms with Crippen LogP contribution in [0, 0.1) is 19.8 Å². The molecular weight excluding hydrogens is 342 g/mol. The van der Waals surface area contributed by atoms with Crippen LogP contribution < -0.4 is 10.9 Å². The molecule has 0 atom stereocenters. The van der Waals surface area contributed by atoms with Crippen molar-refractivity contribution in [1.82, 2.24) is 9.78 Å². The van der Waals surface area contributed by atoms with Crippen LogP contribution in [0.5, 0.6) is 0 Å². The van der Waals surface area contributed by atoms with Crippen LogP contribution in [-0.2, 0) is 17.8 Å². The number of hydrogen-bond donors (Lipinski definition) is 1. The van der Waals surface area contributed by atoms with E-state index >= 15 is 0 Å². The van der Waals surface area contributed by atoms with Gasteiger partial charge in [0.25, 0.3) is 0 Å². The van der Waals surface area contributed by atoms with E-state index in [1.807, 2.05) is 11.6 Å². The third kappa shape index (κ3) is 4.45. The Morgan fingerprint density at radius 1 is 1.22 bits per heavy atom. The molecule has 2 aromatic heterocycles. The highest BCUT2D eigenvalue weighted by Crippen LogP contribution is 2.19. The van der Waals surface area contributed by atoms with Crippen LogP contribution in [-0.4, -0.2) is 15.7 Å². The Morgan fingerprint density at radius 2 is 2.00 bits per heavy atom. The monoisotopic (exact) mass is 367 g/mol. The van der Waals surface area contributed by atoms with Gasteiger partial charge in [-0.3, -0.25) is 9.48 Å². The number of nitrogens with zero attached hydrogens (tertiary/aromatic N) is 2. The van der Waals surface area contributed by atoms with Gasteiger partial charge >= 0.3 is 5.63 Å². The Balaban J connectivity index is 1.66. The van der Waals surface area contributed by atoms with Crippen LogP contribution in [0.15, 0.2) is 39.5 Å². The van der Waals surface area contributed by atoms with E-state index in [0.717, 1.165) is 28.9 Å². The number of carbonyl (C=O) groups is 1. The summed E-state index contributed by atoms with van der Waals surface area (Å²) in [5.74, 6) is 0.471. The van der Waals surface area contributed by atoms with E-state index < -0.39 is 0 Å². The maximum Gasteiger partial charge on any atom is 0.336 e. The Labute approximate surface area is 158 Å². The predicted octanol–water partition coefficient (Wildman–Crippen LogP) is 3.83. The van der Waals surface area contributed by atoms with Crippen molar-refractivity contribution in [3.63, 3.8) is 0 Å². The first-order valence-electron chi connectivity index (χ1n) is 9.20. The minimum absolute atomic E-state index is 0.0536. The number of nitrogens with one attached hydrogen (secondary N) is 1. The minimum Gasteiger partial charge on any atom is -0.423 e. The van der Waals surface area contributed by atoms with Crippen LogP contribution in [0.3, 0.4) is 0 Å². The molecule has 1 N–H and O–H groups in total. The maximum atomic E-state index is 12.4.